The number of rotatable bonds is 7. The summed E-state index contributed by atoms with van der Waals surface area (Å²) in [5, 5.41) is 0.925. The van der Waals surface area contributed by atoms with E-state index in [0.717, 1.165) is 47.2 Å². The van der Waals surface area contributed by atoms with Gasteiger partial charge in [-0.05, 0) is 74.3 Å². The molecule has 1 fully saturated rings. The predicted molar refractivity (Wildman–Crippen MR) is 126 cm³/mol. The van der Waals surface area contributed by atoms with E-state index in [2.05, 4.69) is 27.8 Å². The average molecular weight is 507 g/mol. The van der Waals surface area contributed by atoms with Gasteiger partial charge in [0.05, 0.1) is 19.2 Å². The monoisotopic (exact) mass is 506 g/mol. The van der Waals surface area contributed by atoms with Crippen molar-refractivity contribution in [2.24, 2.45) is 0 Å². The minimum atomic E-state index is -3.86. The van der Waals surface area contributed by atoms with Crippen LogP contribution in [-0.4, -0.2) is 50.6 Å². The van der Waals surface area contributed by atoms with Crippen LogP contribution in [0.25, 0.3) is 10.9 Å². The molecular weight excluding hydrogens is 480 g/mol. The zero-order valence-corrected chi connectivity index (χ0v) is 20.4. The molecule has 166 valence electrons. The van der Waals surface area contributed by atoms with Gasteiger partial charge in [0.2, 0.25) is 0 Å². The number of hydrogen-bond acceptors (Lipinski definition) is 5. The lowest BCUT2D eigenvalue weighted by molar-refractivity contribution is 0.340. The van der Waals surface area contributed by atoms with Gasteiger partial charge in [-0.25, -0.2) is 12.4 Å². The fourth-order valence-electron chi connectivity index (χ4n) is 4.32. The highest BCUT2D eigenvalue weighted by molar-refractivity contribution is 9.10. The standard InChI is InChI=1S/C23H27BrN2O4S/c1-4-25-11-10-16(14-25)20-15-26(21-8-7-18(30-5-2)13-19(20)21)31(27,28)23-9-6-17(24)12-22(23)29-3/h6-9,12-13,15-16H,4-5,10-11,14H2,1-3H3/t16-/m0/s1. The van der Waals surface area contributed by atoms with Crippen molar-refractivity contribution >= 4 is 36.9 Å². The van der Waals surface area contributed by atoms with Crippen LogP contribution in [0.5, 0.6) is 11.5 Å². The van der Waals surface area contributed by atoms with Crippen LogP contribution in [0, 0.1) is 0 Å². The topological polar surface area (TPSA) is 60.8 Å². The normalized spacial score (nSPS) is 17.4. The van der Waals surface area contributed by atoms with Gasteiger partial charge in [0, 0.05) is 22.6 Å². The fraction of sp³-hybridized carbons (Fsp3) is 0.391. The zero-order chi connectivity index (χ0) is 22.2. The summed E-state index contributed by atoms with van der Waals surface area (Å²) in [5.41, 5.74) is 1.70. The first-order chi connectivity index (χ1) is 14.9. The molecular formula is C23H27BrN2O4S. The molecule has 3 aromatic rings. The maximum atomic E-state index is 13.7. The summed E-state index contributed by atoms with van der Waals surface area (Å²) >= 11 is 3.38. The van der Waals surface area contributed by atoms with Gasteiger partial charge < -0.3 is 14.4 Å². The zero-order valence-electron chi connectivity index (χ0n) is 18.0. The van der Waals surface area contributed by atoms with E-state index >= 15 is 0 Å². The summed E-state index contributed by atoms with van der Waals surface area (Å²) in [5.74, 6) is 1.34. The van der Waals surface area contributed by atoms with Crippen LogP contribution in [0.1, 0.15) is 31.7 Å². The number of aromatic nitrogens is 1. The van der Waals surface area contributed by atoms with E-state index in [1.54, 1.807) is 24.4 Å². The molecule has 1 aliphatic rings. The SMILES string of the molecule is CCOc1ccc2c(c1)c([C@H]1CCN(CC)C1)cn2S(=O)(=O)c1ccc(Br)cc1OC. The number of likely N-dealkylation sites (tertiary alicyclic amines) is 1. The number of halogens is 1. The molecule has 2 heterocycles. The highest BCUT2D eigenvalue weighted by Crippen LogP contribution is 2.38. The smallest absolute Gasteiger partial charge is 0.271 e. The van der Waals surface area contributed by atoms with Gasteiger partial charge in [-0.3, -0.25) is 0 Å². The van der Waals surface area contributed by atoms with Crippen LogP contribution in [0.4, 0.5) is 0 Å². The van der Waals surface area contributed by atoms with Crippen LogP contribution < -0.4 is 9.47 Å². The van der Waals surface area contributed by atoms with Crippen molar-refractivity contribution in [3.63, 3.8) is 0 Å². The van der Waals surface area contributed by atoms with Gasteiger partial charge in [-0.2, -0.15) is 0 Å². The van der Waals surface area contributed by atoms with E-state index in [1.165, 1.54) is 11.1 Å². The molecule has 31 heavy (non-hydrogen) atoms. The Morgan fingerprint density at radius 1 is 1.16 bits per heavy atom. The Morgan fingerprint density at radius 3 is 2.65 bits per heavy atom. The van der Waals surface area contributed by atoms with Crippen LogP contribution in [0.2, 0.25) is 0 Å². The third-order valence-electron chi connectivity index (χ3n) is 5.91. The minimum Gasteiger partial charge on any atom is -0.495 e. The second-order valence-corrected chi connectivity index (χ2v) is 10.4. The van der Waals surface area contributed by atoms with Gasteiger partial charge in [-0.15, -0.1) is 0 Å². The molecule has 0 N–H and O–H groups in total. The van der Waals surface area contributed by atoms with Crippen molar-refractivity contribution in [1.29, 1.82) is 0 Å². The Morgan fingerprint density at radius 2 is 1.97 bits per heavy atom. The van der Waals surface area contributed by atoms with Crippen molar-refractivity contribution in [3.05, 3.63) is 52.6 Å². The Bertz CT molecular complexity index is 1210. The maximum absolute atomic E-state index is 13.7. The molecule has 0 radical (unpaired) electrons. The van der Waals surface area contributed by atoms with Crippen molar-refractivity contribution in [2.75, 3.05) is 33.4 Å². The largest absolute Gasteiger partial charge is 0.495 e. The first-order valence-corrected chi connectivity index (χ1v) is 12.7. The molecule has 0 aliphatic carbocycles. The molecule has 1 saturated heterocycles. The summed E-state index contributed by atoms with van der Waals surface area (Å²) in [6.45, 7) is 7.60. The molecule has 6 nitrogen and oxygen atoms in total. The maximum Gasteiger partial charge on any atom is 0.271 e. The lowest BCUT2D eigenvalue weighted by atomic mass is 9.98. The summed E-state index contributed by atoms with van der Waals surface area (Å²) in [6.07, 6.45) is 2.80. The van der Waals surface area contributed by atoms with Crippen LogP contribution in [0.3, 0.4) is 0 Å². The van der Waals surface area contributed by atoms with Gasteiger partial charge in [-0.1, -0.05) is 22.9 Å². The van der Waals surface area contributed by atoms with Gasteiger partial charge in [0.15, 0.2) is 0 Å². The van der Waals surface area contributed by atoms with Crippen LogP contribution >= 0.6 is 15.9 Å². The quantitative estimate of drug-likeness (QED) is 0.457. The second kappa shape index (κ2) is 8.84. The Hall–Kier alpha value is -2.03. The molecule has 4 rings (SSSR count). The first-order valence-electron chi connectivity index (χ1n) is 10.5. The highest BCUT2D eigenvalue weighted by atomic mass is 79.9. The number of ether oxygens (including phenoxy) is 2. The molecule has 1 aromatic heterocycles. The minimum absolute atomic E-state index is 0.136. The molecule has 1 aliphatic heterocycles. The van der Waals surface area contributed by atoms with E-state index in [0.29, 0.717) is 17.9 Å². The molecule has 1 atom stereocenters. The van der Waals surface area contributed by atoms with E-state index in [1.807, 2.05) is 25.1 Å². The molecule has 0 amide bonds. The lowest BCUT2D eigenvalue weighted by Gasteiger charge is -2.13. The summed E-state index contributed by atoms with van der Waals surface area (Å²) < 4.78 is 40.7. The van der Waals surface area contributed by atoms with Crippen LogP contribution in [-0.2, 0) is 10.0 Å². The van der Waals surface area contributed by atoms with Crippen molar-refractivity contribution < 1.29 is 17.9 Å². The van der Waals surface area contributed by atoms with E-state index in [-0.39, 0.29) is 10.8 Å². The lowest BCUT2D eigenvalue weighted by Crippen LogP contribution is -2.19. The molecule has 0 bridgehead atoms. The summed E-state index contributed by atoms with van der Waals surface area (Å²) in [7, 11) is -2.38. The average Bonchev–Trinajstić information content (AvgIpc) is 3.38. The third kappa shape index (κ3) is 4.08. The van der Waals surface area contributed by atoms with Gasteiger partial charge in [0.25, 0.3) is 10.0 Å². The molecule has 0 saturated carbocycles. The molecule has 8 heteroatoms. The number of nitrogens with zero attached hydrogens (tertiary/aromatic N) is 2. The Kier molecular flexibility index (Phi) is 6.32. The third-order valence-corrected chi connectivity index (χ3v) is 8.11. The number of likely N-dealkylation sites (N-methyl/N-ethyl adjacent to an activating group) is 1. The van der Waals surface area contributed by atoms with Crippen molar-refractivity contribution in [1.82, 2.24) is 8.87 Å². The summed E-state index contributed by atoms with van der Waals surface area (Å²) in [6, 6.07) is 10.6. The van der Waals surface area contributed by atoms with Gasteiger partial charge in [0.1, 0.15) is 16.4 Å². The number of benzene rings is 2. The highest BCUT2D eigenvalue weighted by Gasteiger charge is 2.30. The fourth-order valence-corrected chi connectivity index (χ4v) is 6.18. The summed E-state index contributed by atoms with van der Waals surface area (Å²) in [4.78, 5) is 2.53. The number of fused-ring (bicyclic) bond motifs is 1. The van der Waals surface area contributed by atoms with Gasteiger partial charge >= 0.3 is 0 Å². The molecule has 0 spiro atoms. The predicted octanol–water partition coefficient (Wildman–Crippen LogP) is 4.86. The van der Waals surface area contributed by atoms with Crippen LogP contribution in [0.15, 0.2) is 52.0 Å². The van der Waals surface area contributed by atoms with E-state index in [4.69, 9.17) is 9.47 Å². The van der Waals surface area contributed by atoms with Crippen molar-refractivity contribution in [3.8, 4) is 11.5 Å². The first kappa shape index (κ1) is 22.2. The Labute approximate surface area is 191 Å². The molecule has 0 unspecified atom stereocenters. The van der Waals surface area contributed by atoms with E-state index < -0.39 is 10.0 Å². The second-order valence-electron chi connectivity index (χ2n) is 7.67. The van der Waals surface area contributed by atoms with E-state index in [9.17, 15) is 8.42 Å². The number of methoxy groups -OCH3 is 1. The Balaban J connectivity index is 1.90. The van der Waals surface area contributed by atoms with Crippen molar-refractivity contribution in [2.45, 2.75) is 31.1 Å². The molecule has 2 aromatic carbocycles. The number of hydrogen-bond donors (Lipinski definition) is 0.